The third-order valence-corrected chi connectivity index (χ3v) is 4.38. The van der Waals surface area contributed by atoms with E-state index in [4.69, 9.17) is 24.7 Å². The van der Waals surface area contributed by atoms with E-state index >= 15 is 0 Å². The van der Waals surface area contributed by atoms with Gasteiger partial charge in [0.25, 0.3) is 0 Å². The number of nitrogens with zero attached hydrogens (tertiary/aromatic N) is 1. The Balaban J connectivity index is 1.86. The number of methoxy groups -OCH3 is 1. The summed E-state index contributed by atoms with van der Waals surface area (Å²) in [5.74, 6) is 2.80. The first-order valence-corrected chi connectivity index (χ1v) is 8.77. The Morgan fingerprint density at radius 1 is 1.25 bits per heavy atom. The van der Waals surface area contributed by atoms with Gasteiger partial charge in [-0.2, -0.15) is 5.10 Å². The van der Waals surface area contributed by atoms with Crippen LogP contribution in [0.25, 0.3) is 0 Å². The molecule has 8 nitrogen and oxygen atoms in total. The van der Waals surface area contributed by atoms with E-state index in [0.29, 0.717) is 23.0 Å². The minimum absolute atomic E-state index is 0.0383. The number of nitrogens with two attached hydrogens (primary N) is 1. The number of fused-ring (bicyclic) bond motifs is 1. The number of benzene rings is 2. The normalized spacial score (nSPS) is 13.8. The quantitative estimate of drug-likeness (QED) is 0.563. The number of amides is 2. The monoisotopic (exact) mass is 385 g/mol. The Labute approximate surface area is 163 Å². The maximum atomic E-state index is 10.8. The Kier molecular flexibility index (Phi) is 5.88. The van der Waals surface area contributed by atoms with Crippen molar-refractivity contribution >= 4 is 11.7 Å². The highest BCUT2D eigenvalue weighted by molar-refractivity contribution is 5.85. The fourth-order valence-corrected chi connectivity index (χ4v) is 2.84. The van der Waals surface area contributed by atoms with Crippen LogP contribution in [0.15, 0.2) is 41.5 Å². The molecule has 0 aliphatic carbocycles. The first-order valence-electron chi connectivity index (χ1n) is 8.77. The zero-order chi connectivity index (χ0) is 20.1. The summed E-state index contributed by atoms with van der Waals surface area (Å²) in [4.78, 5) is 10.8. The number of ether oxygens (including phenoxy) is 4. The van der Waals surface area contributed by atoms with E-state index in [9.17, 15) is 4.79 Å². The summed E-state index contributed by atoms with van der Waals surface area (Å²) in [6.45, 7) is 4.18. The molecule has 2 aromatic carbocycles. The molecule has 28 heavy (non-hydrogen) atoms. The molecule has 0 fully saturated rings. The molecule has 1 aliphatic heterocycles. The van der Waals surface area contributed by atoms with E-state index in [-0.39, 0.29) is 19.3 Å². The lowest BCUT2D eigenvalue weighted by atomic mass is 9.92. The highest BCUT2D eigenvalue weighted by Crippen LogP contribution is 2.42. The van der Waals surface area contributed by atoms with Gasteiger partial charge in [0.2, 0.25) is 6.79 Å². The topological polar surface area (TPSA) is 104 Å². The Morgan fingerprint density at radius 3 is 2.57 bits per heavy atom. The number of rotatable bonds is 7. The van der Waals surface area contributed by atoms with Crippen molar-refractivity contribution < 1.29 is 23.7 Å². The summed E-state index contributed by atoms with van der Waals surface area (Å²) in [5.41, 5.74) is 9.83. The summed E-state index contributed by atoms with van der Waals surface area (Å²) in [6.07, 6.45) is 0. The van der Waals surface area contributed by atoms with Gasteiger partial charge in [-0.3, -0.25) is 0 Å². The number of carbonyl (C=O) groups excluding carboxylic acids is 1. The molecule has 1 atom stereocenters. The summed E-state index contributed by atoms with van der Waals surface area (Å²) >= 11 is 0. The number of hydrogen-bond acceptors (Lipinski definition) is 6. The van der Waals surface area contributed by atoms with Gasteiger partial charge < -0.3 is 24.7 Å². The minimum atomic E-state index is -0.726. The van der Waals surface area contributed by atoms with Crippen molar-refractivity contribution in [1.29, 1.82) is 0 Å². The van der Waals surface area contributed by atoms with Crippen molar-refractivity contribution in [1.82, 2.24) is 5.43 Å². The molecular weight excluding hydrogens is 362 g/mol. The molecule has 1 heterocycles. The molecule has 0 bridgehead atoms. The molecule has 0 aromatic heterocycles. The largest absolute Gasteiger partial charge is 0.497 e. The summed E-state index contributed by atoms with van der Waals surface area (Å²) in [6, 6.07) is 10.9. The van der Waals surface area contributed by atoms with E-state index in [0.717, 1.165) is 16.9 Å². The molecule has 0 spiro atoms. The maximum Gasteiger partial charge on any atom is 0.332 e. The molecule has 8 heteroatoms. The number of hydrazone groups is 1. The fraction of sp³-hybridized carbons (Fsp3) is 0.300. The predicted octanol–water partition coefficient (Wildman–Crippen LogP) is 3.00. The van der Waals surface area contributed by atoms with Gasteiger partial charge in [0.15, 0.2) is 11.5 Å². The van der Waals surface area contributed by atoms with Crippen LogP contribution in [0.5, 0.6) is 23.0 Å². The Bertz CT molecular complexity index is 880. The molecule has 3 N–H and O–H groups in total. The standard InChI is InChI=1S/C20H23N3O5/c1-12(22-23-20(21)24)10-26-17-9-19-18(27-11-28-19)8-16(17)13(2)14-4-6-15(25-3)7-5-14/h4-9,13H,10-11H2,1-3H3,(H3,21,23,24)/b22-12-/t13-/m1/s1. The van der Waals surface area contributed by atoms with Crippen LogP contribution in [-0.4, -0.2) is 32.3 Å². The number of nitrogens with one attached hydrogen (secondary N) is 1. The van der Waals surface area contributed by atoms with E-state index in [1.807, 2.05) is 36.4 Å². The van der Waals surface area contributed by atoms with Crippen molar-refractivity contribution in [3.63, 3.8) is 0 Å². The Hall–Kier alpha value is -3.42. The molecule has 2 aromatic rings. The van der Waals surface area contributed by atoms with Gasteiger partial charge in [0.1, 0.15) is 18.1 Å². The van der Waals surface area contributed by atoms with Crippen molar-refractivity contribution in [3.05, 3.63) is 47.5 Å². The first-order chi connectivity index (χ1) is 13.5. The molecule has 2 amide bonds. The second-order valence-electron chi connectivity index (χ2n) is 6.35. The molecule has 148 valence electrons. The SMILES string of the molecule is COc1ccc([C@@H](C)c2cc3c(cc2OC/C(C)=N\NC(N)=O)OCO3)cc1. The van der Waals surface area contributed by atoms with E-state index in [1.54, 1.807) is 14.0 Å². The zero-order valence-corrected chi connectivity index (χ0v) is 16.0. The maximum absolute atomic E-state index is 10.8. The van der Waals surface area contributed by atoms with Gasteiger partial charge in [-0.25, -0.2) is 10.2 Å². The summed E-state index contributed by atoms with van der Waals surface area (Å²) < 4.78 is 22.2. The van der Waals surface area contributed by atoms with Gasteiger partial charge >= 0.3 is 6.03 Å². The minimum Gasteiger partial charge on any atom is -0.497 e. The van der Waals surface area contributed by atoms with E-state index in [1.165, 1.54) is 0 Å². The molecule has 3 rings (SSSR count). The summed E-state index contributed by atoms with van der Waals surface area (Å²) in [7, 11) is 1.64. The van der Waals surface area contributed by atoms with Crippen LogP contribution < -0.4 is 30.1 Å². The molecular formula is C20H23N3O5. The number of carbonyl (C=O) groups is 1. The molecule has 1 aliphatic rings. The molecule has 0 unspecified atom stereocenters. The van der Waals surface area contributed by atoms with E-state index in [2.05, 4.69) is 17.5 Å². The molecule has 0 radical (unpaired) electrons. The number of primary amides is 1. The van der Waals surface area contributed by atoms with Gasteiger partial charge in [-0.15, -0.1) is 0 Å². The zero-order valence-electron chi connectivity index (χ0n) is 16.0. The number of urea groups is 1. The third kappa shape index (κ3) is 4.46. The smallest absolute Gasteiger partial charge is 0.332 e. The molecule has 0 saturated heterocycles. The average molecular weight is 385 g/mol. The van der Waals surface area contributed by atoms with Gasteiger partial charge in [-0.05, 0) is 30.7 Å². The fourth-order valence-electron chi connectivity index (χ4n) is 2.84. The van der Waals surface area contributed by atoms with Crippen LogP contribution in [0, 0.1) is 0 Å². The first kappa shape index (κ1) is 19.3. The van der Waals surface area contributed by atoms with Gasteiger partial charge in [0.05, 0.1) is 12.8 Å². The van der Waals surface area contributed by atoms with E-state index < -0.39 is 6.03 Å². The van der Waals surface area contributed by atoms with Crippen molar-refractivity contribution in [2.75, 3.05) is 20.5 Å². The number of hydrogen-bond donors (Lipinski definition) is 2. The highest BCUT2D eigenvalue weighted by Gasteiger charge is 2.22. The second-order valence-corrected chi connectivity index (χ2v) is 6.35. The van der Waals surface area contributed by atoms with Crippen LogP contribution in [-0.2, 0) is 0 Å². The van der Waals surface area contributed by atoms with Crippen molar-refractivity contribution in [2.24, 2.45) is 10.8 Å². The van der Waals surface area contributed by atoms with Crippen molar-refractivity contribution in [3.8, 4) is 23.0 Å². The predicted molar refractivity (Wildman–Crippen MR) is 104 cm³/mol. The lowest BCUT2D eigenvalue weighted by molar-refractivity contribution is 0.174. The molecule has 0 saturated carbocycles. The lowest BCUT2D eigenvalue weighted by Gasteiger charge is -2.18. The van der Waals surface area contributed by atoms with Crippen LogP contribution in [0.2, 0.25) is 0 Å². The van der Waals surface area contributed by atoms with Crippen LogP contribution in [0.3, 0.4) is 0 Å². The highest BCUT2D eigenvalue weighted by atomic mass is 16.7. The van der Waals surface area contributed by atoms with Gasteiger partial charge in [0, 0.05) is 17.5 Å². The Morgan fingerprint density at radius 2 is 1.93 bits per heavy atom. The van der Waals surface area contributed by atoms with Gasteiger partial charge in [-0.1, -0.05) is 19.1 Å². The second kappa shape index (κ2) is 8.51. The average Bonchev–Trinajstić information content (AvgIpc) is 3.16. The van der Waals surface area contributed by atoms with Crippen LogP contribution >= 0.6 is 0 Å². The van der Waals surface area contributed by atoms with Crippen molar-refractivity contribution in [2.45, 2.75) is 19.8 Å². The van der Waals surface area contributed by atoms with Crippen LogP contribution in [0.4, 0.5) is 4.79 Å². The third-order valence-electron chi connectivity index (χ3n) is 4.38. The lowest BCUT2D eigenvalue weighted by Crippen LogP contribution is -2.26. The van der Waals surface area contributed by atoms with Crippen LogP contribution in [0.1, 0.15) is 30.9 Å². The summed E-state index contributed by atoms with van der Waals surface area (Å²) in [5, 5.41) is 3.86.